The lowest BCUT2D eigenvalue weighted by atomic mass is 9.96. The second-order valence-corrected chi connectivity index (χ2v) is 27.9. The lowest BCUT2D eigenvalue weighted by Gasteiger charge is -2.32. The number of nitrogens with zero attached hydrogens (tertiary/aromatic N) is 1. The molecule has 2 aromatic rings. The molecule has 1 aromatic carbocycles. The highest BCUT2D eigenvalue weighted by atomic mass is 32.1. The molecule has 1 aliphatic heterocycles. The molecular formula is C68H110N18O21S. The molecule has 0 unspecified atom stereocenters. The third-order valence-electron chi connectivity index (χ3n) is 17.8. The number of carbonyl (C=O) groups is 16. The van der Waals surface area contributed by atoms with E-state index in [1.807, 2.05) is 5.32 Å². The number of aromatic nitrogens is 1. The summed E-state index contributed by atoms with van der Waals surface area (Å²) in [6.07, 6.45) is -1.34. The zero-order valence-corrected chi connectivity index (χ0v) is 63.3. The van der Waals surface area contributed by atoms with Crippen molar-refractivity contribution in [2.45, 2.75) is 224 Å². The van der Waals surface area contributed by atoms with Crippen molar-refractivity contribution in [3.63, 3.8) is 0 Å². The molecule has 2 heterocycles. The summed E-state index contributed by atoms with van der Waals surface area (Å²) in [5.74, 6) is -17.9. The SMILES string of the molecule is CC[C@H](C)[C@H](NC(=O)[C@H](CC(C)C)NC(=O)[C@H](CCCCN)NC(=O)CNC(=O)[C@@H](N)CO)C(=O)N[C@@H](CS)C(=O)N[C@H](C(=O)N[C@H](C(=O)N[C@@H](C)C(=O)N[C@H](C(=O)N1CCC[C@H]1C(=O)N[C@@H](Cc1c[nH]c2ccccc12)C(=O)N[C@@H](CC(N)=O)C(=O)N[C@@H](C)C(=O)N[C@@H](CO)C(=O)O)C(C)C)[C@@H](C)O)[C@@H](C)O. The lowest BCUT2D eigenvalue weighted by molar-refractivity contribution is -0.143. The average Bonchev–Trinajstić information content (AvgIpc) is 1.62. The van der Waals surface area contributed by atoms with Crippen LogP contribution < -0.4 is 86.3 Å². The molecule has 0 bridgehead atoms. The predicted molar refractivity (Wildman–Crippen MR) is 392 cm³/mol. The molecular weight excluding hydrogens is 1440 g/mol. The van der Waals surface area contributed by atoms with Gasteiger partial charge in [0.15, 0.2) is 0 Å². The van der Waals surface area contributed by atoms with Crippen LogP contribution in [0.2, 0.25) is 0 Å². The van der Waals surface area contributed by atoms with Crippen molar-refractivity contribution < 1.29 is 102 Å². The molecule has 108 heavy (non-hydrogen) atoms. The van der Waals surface area contributed by atoms with E-state index in [0.29, 0.717) is 35.7 Å². The highest BCUT2D eigenvalue weighted by Gasteiger charge is 2.43. The number of carboxylic acids is 1. The van der Waals surface area contributed by atoms with Crippen LogP contribution in [-0.2, 0) is 83.1 Å². The topological polar surface area (TPSA) is 628 Å². The summed E-state index contributed by atoms with van der Waals surface area (Å²) < 4.78 is 0. The van der Waals surface area contributed by atoms with Crippen LogP contribution in [0.15, 0.2) is 30.5 Å². The van der Waals surface area contributed by atoms with Gasteiger partial charge in [0.2, 0.25) is 88.6 Å². The third-order valence-corrected chi connectivity index (χ3v) is 18.1. The van der Waals surface area contributed by atoms with Crippen LogP contribution in [0.5, 0.6) is 0 Å². The fourth-order valence-electron chi connectivity index (χ4n) is 11.3. The van der Waals surface area contributed by atoms with Gasteiger partial charge in [-0.15, -0.1) is 0 Å². The van der Waals surface area contributed by atoms with Crippen LogP contribution in [0.25, 0.3) is 10.9 Å². The first-order chi connectivity index (χ1) is 50.7. The fraction of sp³-hybridized carbons (Fsp3) is 0.647. The number of H-pyrrole nitrogens is 1. The van der Waals surface area contributed by atoms with Crippen LogP contribution in [0.1, 0.15) is 126 Å². The number of aliphatic hydroxyl groups is 4. The smallest absolute Gasteiger partial charge is 0.328 e. The molecule has 0 spiro atoms. The molecule has 604 valence electrons. The number of aliphatic hydroxyl groups excluding tert-OH is 4. The minimum absolute atomic E-state index is 0.0171. The summed E-state index contributed by atoms with van der Waals surface area (Å²) in [7, 11) is 0. The van der Waals surface area contributed by atoms with E-state index < -0.39 is 235 Å². The van der Waals surface area contributed by atoms with Crippen molar-refractivity contribution in [2.75, 3.05) is 38.6 Å². The van der Waals surface area contributed by atoms with E-state index in [0.717, 1.165) is 20.8 Å². The molecule has 15 amide bonds. The maximum atomic E-state index is 14.6. The number of carboxylic acid groups (broad SMARTS) is 1. The quantitative estimate of drug-likeness (QED) is 0.0216. The maximum absolute atomic E-state index is 14.6. The van der Waals surface area contributed by atoms with Gasteiger partial charge in [-0.3, -0.25) is 71.9 Å². The molecule has 17 atom stereocenters. The summed E-state index contributed by atoms with van der Waals surface area (Å²) >= 11 is 4.24. The van der Waals surface area contributed by atoms with Gasteiger partial charge >= 0.3 is 5.97 Å². The van der Waals surface area contributed by atoms with E-state index >= 15 is 0 Å². The Balaban J connectivity index is 1.78. The molecule has 40 heteroatoms. The summed E-state index contributed by atoms with van der Waals surface area (Å²) in [5.41, 5.74) is 17.8. The largest absolute Gasteiger partial charge is 0.480 e. The van der Waals surface area contributed by atoms with Crippen LogP contribution in [0, 0.1) is 17.8 Å². The van der Waals surface area contributed by atoms with Crippen molar-refractivity contribution in [3.8, 4) is 0 Å². The van der Waals surface area contributed by atoms with E-state index in [4.69, 9.17) is 17.2 Å². The number of thiol groups is 1. The number of unbranched alkanes of at least 4 members (excludes halogenated alkanes) is 1. The summed E-state index contributed by atoms with van der Waals surface area (Å²) in [6, 6.07) is -14.2. The number of hydrogen-bond donors (Lipinski definition) is 23. The number of aromatic amines is 1. The molecule has 3 rings (SSSR count). The molecule has 0 saturated carbocycles. The van der Waals surface area contributed by atoms with Gasteiger partial charge in [0.05, 0.1) is 38.4 Å². The van der Waals surface area contributed by atoms with Gasteiger partial charge in [-0.2, -0.15) is 12.6 Å². The van der Waals surface area contributed by atoms with Gasteiger partial charge in [-0.05, 0) is 102 Å². The monoisotopic (exact) mass is 1550 g/mol. The second kappa shape index (κ2) is 45.3. The molecule has 0 radical (unpaired) electrons. The first-order valence-corrected chi connectivity index (χ1v) is 36.3. The van der Waals surface area contributed by atoms with Crippen LogP contribution in [0.3, 0.4) is 0 Å². The number of para-hydroxylation sites is 1. The Morgan fingerprint density at radius 3 is 1.65 bits per heavy atom. The van der Waals surface area contributed by atoms with Gasteiger partial charge in [0.1, 0.15) is 84.6 Å². The van der Waals surface area contributed by atoms with Gasteiger partial charge in [-0.25, -0.2) is 4.79 Å². The van der Waals surface area contributed by atoms with E-state index in [1.165, 1.54) is 11.8 Å². The predicted octanol–water partition coefficient (Wildman–Crippen LogP) is -7.48. The zero-order valence-electron chi connectivity index (χ0n) is 62.4. The standard InChI is InChI=1S/C68H110N18O21S/c1-11-33(6)52(83-61(99)43(23-31(2)3)77-58(96)42(19-14-15-21-69)76-50(92)27-73-57(95)40(70)28-87)64(102)81-47(30-108)62(100)84-54(37(10)90)66(104)85-53(36(9)89)65(103)75-35(8)56(94)82-51(32(4)5)67(105)86-22-16-20-48(86)63(101)79-44(24-38-26-72-41-18-13-12-17-39(38)41)60(98)78-45(25-49(71)91)59(97)74-34(7)55(93)80-46(29-88)68(106)107/h12-13,17-18,26,31-37,40,42-48,51-54,72,87-90,108H,11,14-16,19-25,27-30,69-70H2,1-10H3,(H2,71,91)(H,73,95)(H,74,97)(H,75,103)(H,76,92)(H,77,96)(H,78,98)(H,79,101)(H,80,93)(H,81,102)(H,82,94)(H,83,99)(H,84,100)(H,85,104)(H,106,107)/t33-,34-,35-,36+,37+,40-,42-,43-,44-,45-,46-,47-,48-,51-,52-,53-,54-/m0/s1. The van der Waals surface area contributed by atoms with Gasteiger partial charge in [-0.1, -0.05) is 66.2 Å². The molecule has 39 nitrogen and oxygen atoms in total. The van der Waals surface area contributed by atoms with Gasteiger partial charge in [0, 0.05) is 35.8 Å². The highest BCUT2D eigenvalue weighted by Crippen LogP contribution is 2.24. The van der Waals surface area contributed by atoms with E-state index in [9.17, 15) is 102 Å². The zero-order chi connectivity index (χ0) is 81.6. The van der Waals surface area contributed by atoms with Crippen molar-refractivity contribution in [1.82, 2.24) is 79.0 Å². The first-order valence-electron chi connectivity index (χ1n) is 35.7. The number of primary amides is 1. The summed E-state index contributed by atoms with van der Waals surface area (Å²) in [6.45, 7) is 12.6. The number of rotatable bonds is 46. The Labute approximate surface area is 630 Å². The normalized spacial score (nSPS) is 17.2. The number of nitrogens with two attached hydrogens (primary N) is 3. The first kappa shape index (κ1) is 92.6. The Bertz CT molecular complexity index is 3470. The molecule has 1 aliphatic rings. The Morgan fingerprint density at radius 1 is 0.583 bits per heavy atom. The van der Waals surface area contributed by atoms with Crippen molar-refractivity contribution >= 4 is 118 Å². The van der Waals surface area contributed by atoms with Crippen LogP contribution in [-0.4, -0.2) is 265 Å². The molecule has 1 fully saturated rings. The van der Waals surface area contributed by atoms with Crippen molar-refractivity contribution in [1.29, 1.82) is 0 Å². The number of nitrogens with one attached hydrogen (secondary N) is 14. The van der Waals surface area contributed by atoms with Crippen LogP contribution in [0.4, 0.5) is 0 Å². The number of amides is 15. The number of aliphatic carboxylic acids is 1. The maximum Gasteiger partial charge on any atom is 0.328 e. The summed E-state index contributed by atoms with van der Waals surface area (Å²) in [5, 5.41) is 81.7. The number of carbonyl (C=O) groups excluding carboxylic acids is 15. The molecule has 1 aromatic heterocycles. The average molecular weight is 1550 g/mol. The van der Waals surface area contributed by atoms with Gasteiger partial charge in [0.25, 0.3) is 0 Å². The van der Waals surface area contributed by atoms with Crippen molar-refractivity contribution in [3.05, 3.63) is 36.0 Å². The highest BCUT2D eigenvalue weighted by molar-refractivity contribution is 7.80. The number of hydrogen-bond acceptors (Lipinski definition) is 23. The third kappa shape index (κ3) is 28.8. The number of fused-ring (bicyclic) bond motifs is 1. The lowest BCUT2D eigenvalue weighted by Crippen LogP contribution is -2.64. The summed E-state index contributed by atoms with van der Waals surface area (Å²) in [4.78, 5) is 221. The van der Waals surface area contributed by atoms with E-state index in [2.05, 4.69) is 81.4 Å². The van der Waals surface area contributed by atoms with Crippen molar-refractivity contribution in [2.24, 2.45) is 35.0 Å². The fourth-order valence-corrected chi connectivity index (χ4v) is 11.5. The molecule has 0 aliphatic carbocycles. The Kier molecular flexibility index (Phi) is 38.8. The molecule has 1 saturated heterocycles. The van der Waals surface area contributed by atoms with Gasteiger partial charge < -0.3 is 122 Å². The van der Waals surface area contributed by atoms with E-state index in [1.54, 1.807) is 72.0 Å². The second-order valence-electron chi connectivity index (χ2n) is 27.5. The number of likely N-dealkylation sites (tertiary alicyclic amines) is 1. The minimum atomic E-state index is -1.89. The Hall–Kier alpha value is -9.61. The van der Waals surface area contributed by atoms with E-state index in [-0.39, 0.29) is 51.1 Å². The number of benzene rings is 1. The Morgan fingerprint density at radius 2 is 1.09 bits per heavy atom. The molecule has 25 N–H and O–H groups in total. The van der Waals surface area contributed by atoms with Crippen LogP contribution >= 0.6 is 12.6 Å². The minimum Gasteiger partial charge on any atom is -0.480 e.